The normalized spacial score (nSPS) is 11.7. The average Bonchev–Trinajstić information content (AvgIpc) is 4.00. The fourth-order valence-electron chi connectivity index (χ4n) is 7.27. The molecule has 0 aliphatic heterocycles. The molecule has 2 heterocycles. The van der Waals surface area contributed by atoms with Crippen LogP contribution in [0.3, 0.4) is 0 Å². The summed E-state index contributed by atoms with van der Waals surface area (Å²) in [6, 6.07) is 46.5. The van der Waals surface area contributed by atoms with Gasteiger partial charge < -0.3 is 24.2 Å². The molecule has 9 heteroatoms. The smallest absolute Gasteiger partial charge is 0.163 e. The second-order valence-electron chi connectivity index (χ2n) is 15.7. The molecule has 2 aromatic heterocycles. The number of H-pyrrole nitrogens is 2. The Morgan fingerprint density at radius 3 is 1.77 bits per heavy atom. The largest absolute Gasteiger partial charge is 0.493 e. The van der Waals surface area contributed by atoms with Crippen molar-refractivity contribution in [1.29, 1.82) is 0 Å². The van der Waals surface area contributed by atoms with Crippen molar-refractivity contribution in [2.24, 2.45) is 0 Å². The molecule has 0 amide bonds. The van der Waals surface area contributed by atoms with E-state index in [-0.39, 0.29) is 36.0 Å². The number of aromatic nitrogens is 2. The van der Waals surface area contributed by atoms with E-state index in [2.05, 4.69) is 22.1 Å². The minimum atomic E-state index is -0.308. The van der Waals surface area contributed by atoms with Crippen molar-refractivity contribution in [3.05, 3.63) is 209 Å². The van der Waals surface area contributed by atoms with Crippen molar-refractivity contribution in [3.8, 4) is 28.5 Å². The Labute approximate surface area is 382 Å². The lowest BCUT2D eigenvalue weighted by atomic mass is 10.1. The predicted molar refractivity (Wildman–Crippen MR) is 262 cm³/mol. The number of fused-ring (bicyclic) bond motifs is 2. The van der Waals surface area contributed by atoms with Gasteiger partial charge in [-0.2, -0.15) is 0 Å². The van der Waals surface area contributed by atoms with Gasteiger partial charge in [0.1, 0.15) is 19.0 Å². The number of methoxy groups -OCH3 is 1. The predicted octanol–water partition coefficient (Wildman–Crippen LogP) is 12.0. The molecule has 0 saturated heterocycles. The number of carbonyl (C=O) groups is 4. The summed E-state index contributed by atoms with van der Waals surface area (Å²) in [7, 11) is 1.58. The van der Waals surface area contributed by atoms with Crippen molar-refractivity contribution in [2.75, 3.05) is 7.11 Å². The molecule has 2 N–H and O–H groups in total. The van der Waals surface area contributed by atoms with Crippen LogP contribution in [0.5, 0.6) is 17.2 Å². The summed E-state index contributed by atoms with van der Waals surface area (Å²) >= 11 is 0. The number of nitrogens with one attached hydrogen (secondary N) is 2. The van der Waals surface area contributed by atoms with Gasteiger partial charge in [0.15, 0.2) is 34.6 Å². The molecule has 0 aliphatic rings. The lowest BCUT2D eigenvalue weighted by Gasteiger charge is -2.11. The lowest BCUT2D eigenvalue weighted by molar-refractivity contribution is -0.123. The monoisotopic (exact) mass is 870 g/mol. The summed E-state index contributed by atoms with van der Waals surface area (Å²) in [6.45, 7) is 0.698. The SMILES string of the molecule is COc1ccc(/C=C/C(=O)CC(=O)/C=C/c2ccc3[nH]c(-c4cccc(COc5cccc(/C=C/C(=O)CC(=O)/C=C/c6ccc7[nH]ccc7c6)c5)c4)cc3c2)cc1OCc1ccccc1. The van der Waals surface area contributed by atoms with Gasteiger partial charge in [0, 0.05) is 28.3 Å². The molecule has 0 fully saturated rings. The summed E-state index contributed by atoms with van der Waals surface area (Å²) < 4.78 is 17.6. The number of hydrogen-bond acceptors (Lipinski definition) is 7. The van der Waals surface area contributed by atoms with Crippen LogP contribution in [0.15, 0.2) is 176 Å². The quantitative estimate of drug-likeness (QED) is 0.0576. The van der Waals surface area contributed by atoms with Crippen LogP contribution in [0.1, 0.15) is 46.2 Å². The van der Waals surface area contributed by atoms with Crippen molar-refractivity contribution >= 4 is 69.2 Å². The Morgan fingerprint density at radius 1 is 0.485 bits per heavy atom. The number of ketones is 4. The van der Waals surface area contributed by atoms with E-state index in [0.717, 1.165) is 66.4 Å². The highest BCUT2D eigenvalue weighted by Gasteiger charge is 2.10. The number of benzene rings is 6. The third kappa shape index (κ3) is 12.1. The van der Waals surface area contributed by atoms with E-state index in [4.69, 9.17) is 14.2 Å². The molecule has 0 radical (unpaired) electrons. The van der Waals surface area contributed by atoms with E-state index in [0.29, 0.717) is 30.5 Å². The molecule has 8 aromatic rings. The van der Waals surface area contributed by atoms with E-state index >= 15 is 0 Å². The van der Waals surface area contributed by atoms with Gasteiger partial charge in [-0.3, -0.25) is 19.2 Å². The second kappa shape index (κ2) is 21.2. The highest BCUT2D eigenvalue weighted by atomic mass is 16.5. The van der Waals surface area contributed by atoms with Crippen LogP contribution in [-0.2, 0) is 32.4 Å². The number of carbonyl (C=O) groups excluding carboxylic acids is 4. The topological polar surface area (TPSA) is 128 Å². The fourth-order valence-corrected chi connectivity index (χ4v) is 7.27. The van der Waals surface area contributed by atoms with E-state index in [9.17, 15) is 19.2 Å². The molecule has 0 atom stereocenters. The van der Waals surface area contributed by atoms with Gasteiger partial charge in [0.25, 0.3) is 0 Å². The maximum Gasteiger partial charge on any atom is 0.163 e. The molecule has 9 nitrogen and oxygen atoms in total. The maximum absolute atomic E-state index is 12.8. The Balaban J connectivity index is 0.815. The standard InChI is InChI=1S/C57H46N2O7/c1-64-56-26-19-42(33-57(56)66-37-43-7-3-2-4-8-43)16-23-51(63)36-50(62)22-15-41-18-25-54-47(30-41)34-55(59-54)45-11-5-10-44(31-45)38-65-52-12-6-9-39(32-52)13-20-48(60)35-49(61)21-14-40-17-24-53-46(29-40)27-28-58-53/h2-34,58-59H,35-38H2,1H3/b20-13+,21-14+,22-15+,23-16+. The molecule has 326 valence electrons. The van der Waals surface area contributed by atoms with Crippen LogP contribution in [0, 0.1) is 0 Å². The summed E-state index contributed by atoms with van der Waals surface area (Å²) in [5.74, 6) is 0.631. The molecule has 0 unspecified atom stereocenters. The minimum Gasteiger partial charge on any atom is -0.493 e. The Morgan fingerprint density at radius 2 is 1.08 bits per heavy atom. The van der Waals surface area contributed by atoms with Gasteiger partial charge in [-0.25, -0.2) is 0 Å². The Kier molecular flexibility index (Phi) is 14.2. The minimum absolute atomic E-state index is 0.217. The van der Waals surface area contributed by atoms with Gasteiger partial charge in [-0.05, 0) is 135 Å². The molecule has 0 spiro atoms. The van der Waals surface area contributed by atoms with Crippen molar-refractivity contribution in [1.82, 2.24) is 9.97 Å². The zero-order chi connectivity index (χ0) is 45.7. The lowest BCUT2D eigenvalue weighted by Crippen LogP contribution is -2.02. The molecule has 66 heavy (non-hydrogen) atoms. The molecule has 0 saturated carbocycles. The average molecular weight is 871 g/mol. The fraction of sp³-hybridized carbons (Fsp3) is 0.0877. The number of rotatable bonds is 20. The van der Waals surface area contributed by atoms with E-state index in [1.807, 2.05) is 128 Å². The Bertz CT molecular complexity index is 3170. The zero-order valence-corrected chi connectivity index (χ0v) is 36.2. The molecule has 6 aromatic carbocycles. The van der Waals surface area contributed by atoms with Crippen LogP contribution in [0.4, 0.5) is 0 Å². The van der Waals surface area contributed by atoms with E-state index in [1.54, 1.807) is 43.5 Å². The summed E-state index contributed by atoms with van der Waals surface area (Å²) in [6.07, 6.45) is 13.9. The maximum atomic E-state index is 12.8. The molecule has 0 bridgehead atoms. The second-order valence-corrected chi connectivity index (χ2v) is 15.7. The number of aromatic amines is 2. The Hall–Kier alpha value is -8.56. The van der Waals surface area contributed by atoms with Gasteiger partial charge in [0.05, 0.1) is 20.0 Å². The van der Waals surface area contributed by atoms with E-state index < -0.39 is 0 Å². The first-order valence-electron chi connectivity index (χ1n) is 21.4. The van der Waals surface area contributed by atoms with Crippen LogP contribution in [-0.4, -0.2) is 40.2 Å². The van der Waals surface area contributed by atoms with Gasteiger partial charge in [-0.15, -0.1) is 0 Å². The van der Waals surface area contributed by atoms with Gasteiger partial charge >= 0.3 is 0 Å². The number of ether oxygens (including phenoxy) is 3. The third-order valence-corrected chi connectivity index (χ3v) is 10.7. The number of hydrogen-bond donors (Lipinski definition) is 2. The van der Waals surface area contributed by atoms with E-state index in [1.165, 1.54) is 24.3 Å². The van der Waals surface area contributed by atoms with Crippen molar-refractivity contribution < 1.29 is 33.4 Å². The van der Waals surface area contributed by atoms with Crippen LogP contribution in [0.2, 0.25) is 0 Å². The summed E-state index contributed by atoms with van der Waals surface area (Å²) in [4.78, 5) is 57.2. The zero-order valence-electron chi connectivity index (χ0n) is 36.2. The molecular formula is C57H46N2O7. The van der Waals surface area contributed by atoms with Crippen LogP contribution < -0.4 is 14.2 Å². The summed E-state index contributed by atoms with van der Waals surface area (Å²) in [5.41, 5.74) is 9.11. The molecule has 8 rings (SSSR count). The van der Waals surface area contributed by atoms with Crippen molar-refractivity contribution in [2.45, 2.75) is 26.1 Å². The first-order chi connectivity index (χ1) is 32.2. The highest BCUT2D eigenvalue weighted by molar-refractivity contribution is 6.11. The first kappa shape index (κ1) is 44.1. The summed E-state index contributed by atoms with van der Waals surface area (Å²) in [5, 5.41) is 2.03. The molecular weight excluding hydrogens is 825 g/mol. The van der Waals surface area contributed by atoms with Crippen molar-refractivity contribution in [3.63, 3.8) is 0 Å². The first-order valence-corrected chi connectivity index (χ1v) is 21.4. The van der Waals surface area contributed by atoms with Gasteiger partial charge in [-0.1, -0.05) is 103 Å². The number of allylic oxidation sites excluding steroid dienone is 4. The molecule has 0 aliphatic carbocycles. The third-order valence-electron chi connectivity index (χ3n) is 10.7. The van der Waals surface area contributed by atoms with Gasteiger partial charge in [0.2, 0.25) is 0 Å². The van der Waals surface area contributed by atoms with Crippen LogP contribution >= 0.6 is 0 Å². The van der Waals surface area contributed by atoms with Crippen LogP contribution in [0.25, 0.3) is 57.4 Å². The highest BCUT2D eigenvalue weighted by Crippen LogP contribution is 2.30.